The molecule has 1 aromatic rings. The first-order chi connectivity index (χ1) is 11.4. The largest absolute Gasteiger partial charge is 0.388 e. The van der Waals surface area contributed by atoms with E-state index in [0.29, 0.717) is 11.5 Å². The van der Waals surface area contributed by atoms with Crippen molar-refractivity contribution in [1.82, 2.24) is 10.2 Å². The number of amides is 2. The van der Waals surface area contributed by atoms with Gasteiger partial charge in [0.05, 0.1) is 23.8 Å². The number of nitrogens with zero attached hydrogens (tertiary/aromatic N) is 1. The van der Waals surface area contributed by atoms with Crippen molar-refractivity contribution in [2.45, 2.75) is 37.0 Å². The Bertz CT molecular complexity index is 548. The number of nitrogens with one attached hydrogen (secondary N) is 2. The van der Waals surface area contributed by atoms with Gasteiger partial charge in [0.25, 0.3) is 5.92 Å². The van der Waals surface area contributed by atoms with Gasteiger partial charge in [-0.3, -0.25) is 5.32 Å². The average molecular weight is 361 g/mol. The van der Waals surface area contributed by atoms with E-state index in [1.165, 1.54) is 11.3 Å². The fourth-order valence-corrected chi connectivity index (χ4v) is 3.57. The second-order valence-electron chi connectivity index (χ2n) is 6.20. The van der Waals surface area contributed by atoms with Crippen LogP contribution in [0.15, 0.2) is 17.5 Å². The highest BCUT2D eigenvalue weighted by Gasteiger charge is 2.40. The molecule has 3 rings (SSSR count). The number of hydrogen-bond acceptors (Lipinski definition) is 5. The molecule has 6 nitrogen and oxygen atoms in total. The number of thiophene rings is 1. The third kappa shape index (κ3) is 4.41. The number of ether oxygens (including phenoxy) is 1. The van der Waals surface area contributed by atoms with Gasteiger partial charge >= 0.3 is 6.03 Å². The Kier molecular flexibility index (Phi) is 5.33. The Morgan fingerprint density at radius 2 is 2.21 bits per heavy atom. The minimum absolute atomic E-state index is 0.166. The summed E-state index contributed by atoms with van der Waals surface area (Å²) < 4.78 is 31.9. The van der Waals surface area contributed by atoms with Gasteiger partial charge in [0.2, 0.25) is 0 Å². The van der Waals surface area contributed by atoms with Gasteiger partial charge in [-0.05, 0) is 17.5 Å². The Morgan fingerprint density at radius 1 is 1.46 bits per heavy atom. The fourth-order valence-electron chi connectivity index (χ4n) is 2.95. The molecule has 2 aliphatic heterocycles. The second kappa shape index (κ2) is 7.30. The number of alkyl halides is 2. The van der Waals surface area contributed by atoms with Gasteiger partial charge in [0, 0.05) is 32.5 Å². The van der Waals surface area contributed by atoms with Crippen LogP contribution in [-0.4, -0.2) is 66.5 Å². The first kappa shape index (κ1) is 17.5. The van der Waals surface area contributed by atoms with E-state index in [1.54, 1.807) is 6.07 Å². The highest BCUT2D eigenvalue weighted by atomic mass is 32.1. The Labute approximate surface area is 142 Å². The molecule has 9 heteroatoms. The van der Waals surface area contributed by atoms with Crippen LogP contribution in [0.3, 0.4) is 0 Å². The predicted molar refractivity (Wildman–Crippen MR) is 86.6 cm³/mol. The van der Waals surface area contributed by atoms with E-state index in [2.05, 4.69) is 10.6 Å². The van der Waals surface area contributed by atoms with Crippen LogP contribution in [0.4, 0.5) is 18.6 Å². The summed E-state index contributed by atoms with van der Waals surface area (Å²) in [5.74, 6) is -2.59. The first-order valence-corrected chi connectivity index (χ1v) is 8.82. The highest BCUT2D eigenvalue weighted by Crippen LogP contribution is 2.28. The van der Waals surface area contributed by atoms with Crippen LogP contribution >= 0.6 is 11.3 Å². The molecule has 2 saturated heterocycles. The molecule has 0 unspecified atom stereocenters. The van der Waals surface area contributed by atoms with Crippen LogP contribution < -0.4 is 10.6 Å². The number of urea groups is 1. The molecule has 0 spiro atoms. The molecule has 3 heterocycles. The molecule has 1 aromatic heterocycles. The number of hydrogen-bond donors (Lipinski definition) is 3. The third-order valence-corrected chi connectivity index (χ3v) is 5.17. The molecule has 0 bridgehead atoms. The zero-order chi connectivity index (χ0) is 17.2. The predicted octanol–water partition coefficient (Wildman–Crippen LogP) is 1.73. The van der Waals surface area contributed by atoms with E-state index in [1.807, 2.05) is 16.3 Å². The summed E-state index contributed by atoms with van der Waals surface area (Å²) in [5, 5.41) is 18.3. The zero-order valence-electron chi connectivity index (χ0n) is 13.1. The second-order valence-corrected chi connectivity index (χ2v) is 7.15. The lowest BCUT2D eigenvalue weighted by molar-refractivity contribution is -0.0674. The maximum Gasteiger partial charge on any atom is 0.320 e. The highest BCUT2D eigenvalue weighted by molar-refractivity contribution is 7.14. The molecular weight excluding hydrogens is 340 g/mol. The van der Waals surface area contributed by atoms with Crippen LogP contribution in [0.5, 0.6) is 0 Å². The van der Waals surface area contributed by atoms with E-state index >= 15 is 0 Å². The van der Waals surface area contributed by atoms with Gasteiger partial charge in [-0.25, -0.2) is 13.6 Å². The Balaban J connectivity index is 1.44. The first-order valence-electron chi connectivity index (χ1n) is 7.94. The molecule has 134 valence electrons. The summed E-state index contributed by atoms with van der Waals surface area (Å²) in [7, 11) is 0. The maximum absolute atomic E-state index is 13.2. The topological polar surface area (TPSA) is 73.8 Å². The Hall–Kier alpha value is -1.29. The number of anilines is 1. The normalized spacial score (nSPS) is 30.2. The number of aliphatic hydroxyl groups is 1. The van der Waals surface area contributed by atoms with Crippen molar-refractivity contribution in [2.75, 3.05) is 31.6 Å². The van der Waals surface area contributed by atoms with Crippen LogP contribution in [-0.2, 0) is 4.74 Å². The molecule has 2 amide bonds. The van der Waals surface area contributed by atoms with Gasteiger partial charge in [-0.2, -0.15) is 0 Å². The van der Waals surface area contributed by atoms with Gasteiger partial charge < -0.3 is 20.1 Å². The van der Waals surface area contributed by atoms with E-state index in [4.69, 9.17) is 4.74 Å². The third-order valence-electron chi connectivity index (χ3n) is 4.38. The van der Waals surface area contributed by atoms with E-state index in [0.717, 1.165) is 0 Å². The number of piperidine rings is 1. The van der Waals surface area contributed by atoms with E-state index in [9.17, 15) is 18.7 Å². The molecule has 2 aliphatic rings. The number of carbonyl (C=O) groups excluding carboxylic acids is 1. The van der Waals surface area contributed by atoms with E-state index < -0.39 is 30.2 Å². The van der Waals surface area contributed by atoms with Gasteiger partial charge in [-0.1, -0.05) is 0 Å². The monoisotopic (exact) mass is 361 g/mol. The zero-order valence-corrected chi connectivity index (χ0v) is 13.9. The number of halogens is 2. The summed E-state index contributed by atoms with van der Waals surface area (Å²) in [4.78, 5) is 13.8. The lowest BCUT2D eigenvalue weighted by atomic mass is 10.0. The number of carbonyl (C=O) groups is 1. The van der Waals surface area contributed by atoms with Crippen LogP contribution in [0, 0.1) is 0 Å². The molecule has 2 fully saturated rings. The lowest BCUT2D eigenvalue weighted by Crippen LogP contribution is -2.49. The summed E-state index contributed by atoms with van der Waals surface area (Å²) in [6, 6.07) is 2.69. The van der Waals surface area contributed by atoms with Crippen molar-refractivity contribution in [2.24, 2.45) is 0 Å². The maximum atomic E-state index is 13.2. The number of aliphatic hydroxyl groups excluding tert-OH is 1. The van der Waals surface area contributed by atoms with Crippen molar-refractivity contribution >= 4 is 22.4 Å². The van der Waals surface area contributed by atoms with Crippen molar-refractivity contribution in [1.29, 1.82) is 0 Å². The van der Waals surface area contributed by atoms with Crippen LogP contribution in [0.2, 0.25) is 0 Å². The van der Waals surface area contributed by atoms with Crippen molar-refractivity contribution in [3.05, 3.63) is 17.5 Å². The average Bonchev–Trinajstić information content (AvgIpc) is 3.14. The minimum Gasteiger partial charge on any atom is -0.388 e. The SMILES string of the molecule is O=C(Nc1cccs1)N[C@H]1CO[C@@H](CN2CCC(F)(F)CC2)[C@@H]1O. The summed E-state index contributed by atoms with van der Waals surface area (Å²) in [6.45, 7) is 1.17. The standard InChI is InChI=1S/C15H21F2N3O3S/c16-15(17)3-5-20(6-4-15)8-11-13(21)10(9-23-11)18-14(22)19-12-2-1-7-24-12/h1-2,7,10-11,13,21H,3-6,8-9H2,(H2,18,19,22)/t10-,11-,13+/m0/s1. The molecule has 0 aliphatic carbocycles. The van der Waals surface area contributed by atoms with Crippen LogP contribution in [0.25, 0.3) is 0 Å². The van der Waals surface area contributed by atoms with Crippen molar-refractivity contribution in [3.8, 4) is 0 Å². The molecule has 0 aromatic carbocycles. The molecule has 3 atom stereocenters. The van der Waals surface area contributed by atoms with Gasteiger partial charge in [0.15, 0.2) is 0 Å². The molecular formula is C15H21F2N3O3S. The number of likely N-dealkylation sites (tertiary alicyclic amines) is 1. The fraction of sp³-hybridized carbons (Fsp3) is 0.667. The minimum atomic E-state index is -2.59. The molecule has 0 radical (unpaired) electrons. The molecule has 24 heavy (non-hydrogen) atoms. The lowest BCUT2D eigenvalue weighted by Gasteiger charge is -2.33. The van der Waals surface area contributed by atoms with Crippen LogP contribution in [0.1, 0.15) is 12.8 Å². The summed E-state index contributed by atoms with van der Waals surface area (Å²) in [5.41, 5.74) is 0. The quantitative estimate of drug-likeness (QED) is 0.764. The van der Waals surface area contributed by atoms with Crippen molar-refractivity contribution in [3.63, 3.8) is 0 Å². The number of rotatable bonds is 4. The summed E-state index contributed by atoms with van der Waals surface area (Å²) >= 11 is 1.40. The van der Waals surface area contributed by atoms with Gasteiger partial charge in [0.1, 0.15) is 6.10 Å². The molecule has 3 N–H and O–H groups in total. The van der Waals surface area contributed by atoms with Gasteiger partial charge in [-0.15, -0.1) is 11.3 Å². The van der Waals surface area contributed by atoms with E-state index in [-0.39, 0.29) is 32.5 Å². The van der Waals surface area contributed by atoms with Crippen molar-refractivity contribution < 1.29 is 23.4 Å². The smallest absolute Gasteiger partial charge is 0.320 e. The summed E-state index contributed by atoms with van der Waals surface area (Å²) in [6.07, 6.45) is -1.67. The molecule has 0 saturated carbocycles. The Morgan fingerprint density at radius 3 is 2.88 bits per heavy atom.